The van der Waals surface area contributed by atoms with Crippen LogP contribution >= 0.6 is 0 Å². The lowest BCUT2D eigenvalue weighted by Crippen LogP contribution is -2.69. The van der Waals surface area contributed by atoms with Gasteiger partial charge in [0.15, 0.2) is 0 Å². The number of aliphatic hydroxyl groups is 2. The minimum atomic E-state index is -0.959. The summed E-state index contributed by atoms with van der Waals surface area (Å²) in [4.78, 5) is 6.95. The molecule has 8 atom stereocenters. The number of hydrogen-bond acceptors (Lipinski definition) is 11. The summed E-state index contributed by atoms with van der Waals surface area (Å²) in [5.41, 5.74) is 10.3. The van der Waals surface area contributed by atoms with Crippen molar-refractivity contribution < 1.29 is 14.9 Å². The molecule has 0 spiro atoms. The molecule has 0 radical (unpaired) electrons. The highest BCUT2D eigenvalue weighted by Gasteiger charge is 2.53. The van der Waals surface area contributed by atoms with Crippen LogP contribution in [0.4, 0.5) is 11.4 Å². The number of likely N-dealkylation sites (N-methyl/N-ethyl adjacent to an activating group) is 1. The third kappa shape index (κ3) is 5.46. The summed E-state index contributed by atoms with van der Waals surface area (Å²) in [6.07, 6.45) is 4.63. The standard InChI is InChI=1S/C31H52N8O3/c1-4-37-15-34-29(32)26-30(37)39(16-33-26)31-28(41)27(40)24(42-31)14-38(17(2)3)21-11-18(12-21)5-10-25-35-22-9-8-20(19-6-7-19)13-23(22)36-25/h8-9,13,17-19,21,24-31,33-36,40-41H,4-7,10-12,14-16,32H2,1-3H3/t18-,21+,24-,25?,26?,27-,28-,29?,30?,31-/m1/s1. The van der Waals surface area contributed by atoms with Crippen molar-refractivity contribution in [3.63, 3.8) is 0 Å². The number of hydrogen-bond donors (Lipinski definition) is 7. The van der Waals surface area contributed by atoms with E-state index in [2.05, 4.69) is 74.9 Å². The van der Waals surface area contributed by atoms with Crippen LogP contribution in [0, 0.1) is 5.92 Å². The van der Waals surface area contributed by atoms with Gasteiger partial charge in [0.2, 0.25) is 0 Å². The van der Waals surface area contributed by atoms with E-state index in [9.17, 15) is 10.2 Å². The molecule has 3 saturated heterocycles. The second-order valence-corrected chi connectivity index (χ2v) is 13.9. The Morgan fingerprint density at radius 3 is 2.57 bits per heavy atom. The van der Waals surface area contributed by atoms with Crippen molar-refractivity contribution in [2.75, 3.05) is 37.1 Å². The molecular formula is C31H52N8O3. The molecule has 2 aliphatic carbocycles. The molecule has 2 saturated carbocycles. The zero-order valence-electron chi connectivity index (χ0n) is 25.5. The van der Waals surface area contributed by atoms with Crippen LogP contribution in [0.5, 0.6) is 0 Å². The highest BCUT2D eigenvalue weighted by molar-refractivity contribution is 5.75. The average Bonchev–Trinajstić information content (AvgIpc) is 3.48. The Labute approximate surface area is 250 Å². The molecule has 0 aromatic heterocycles. The lowest BCUT2D eigenvalue weighted by Gasteiger charge is -2.46. The van der Waals surface area contributed by atoms with Gasteiger partial charge in [0.25, 0.3) is 0 Å². The van der Waals surface area contributed by atoms with Crippen molar-refractivity contribution in [1.82, 2.24) is 25.3 Å². The Balaban J connectivity index is 0.908. The second-order valence-electron chi connectivity index (χ2n) is 13.9. The predicted molar refractivity (Wildman–Crippen MR) is 163 cm³/mol. The van der Waals surface area contributed by atoms with E-state index >= 15 is 0 Å². The van der Waals surface area contributed by atoms with Gasteiger partial charge in [-0.3, -0.25) is 20.4 Å². The molecule has 7 rings (SSSR count). The molecule has 5 fully saturated rings. The van der Waals surface area contributed by atoms with E-state index in [-0.39, 0.29) is 18.4 Å². The number of fused-ring (bicyclic) bond motifs is 2. The molecule has 0 amide bonds. The molecule has 11 nitrogen and oxygen atoms in total. The highest BCUT2D eigenvalue weighted by Crippen LogP contribution is 2.44. The maximum atomic E-state index is 11.2. The van der Waals surface area contributed by atoms with Crippen LogP contribution in [0.1, 0.15) is 70.8 Å². The van der Waals surface area contributed by atoms with Gasteiger partial charge in [0.05, 0.1) is 49.3 Å². The van der Waals surface area contributed by atoms with Crippen molar-refractivity contribution >= 4 is 11.4 Å². The zero-order valence-corrected chi connectivity index (χ0v) is 25.5. The molecular weight excluding hydrogens is 532 g/mol. The summed E-state index contributed by atoms with van der Waals surface area (Å²) in [5, 5.41) is 36.5. The maximum absolute atomic E-state index is 11.2. The summed E-state index contributed by atoms with van der Waals surface area (Å²) < 4.78 is 6.49. The molecule has 1 aromatic rings. The van der Waals surface area contributed by atoms with Crippen LogP contribution in [0.2, 0.25) is 0 Å². The van der Waals surface area contributed by atoms with Gasteiger partial charge < -0.3 is 31.3 Å². The molecule has 42 heavy (non-hydrogen) atoms. The fraction of sp³-hybridized carbons (Fsp3) is 0.806. The quantitative estimate of drug-likeness (QED) is 0.214. The Bertz CT molecular complexity index is 1100. The van der Waals surface area contributed by atoms with E-state index in [0.29, 0.717) is 38.1 Å². The minimum absolute atomic E-state index is 0.0160. The highest BCUT2D eigenvalue weighted by atomic mass is 16.6. The smallest absolute Gasteiger partial charge is 0.142 e. The van der Waals surface area contributed by atoms with Gasteiger partial charge >= 0.3 is 0 Å². The van der Waals surface area contributed by atoms with E-state index in [0.717, 1.165) is 24.8 Å². The minimum Gasteiger partial charge on any atom is -0.387 e. The molecule has 0 bridgehead atoms. The van der Waals surface area contributed by atoms with E-state index in [4.69, 9.17) is 10.5 Å². The van der Waals surface area contributed by atoms with E-state index < -0.39 is 24.5 Å². The fourth-order valence-corrected chi connectivity index (χ4v) is 8.13. The Kier molecular flexibility index (Phi) is 8.17. The third-order valence-electron chi connectivity index (χ3n) is 10.9. The normalized spacial score (nSPS) is 40.2. The molecule has 8 N–H and O–H groups in total. The van der Waals surface area contributed by atoms with E-state index in [1.807, 2.05) is 0 Å². The van der Waals surface area contributed by atoms with Gasteiger partial charge in [0.1, 0.15) is 24.5 Å². The van der Waals surface area contributed by atoms with Gasteiger partial charge in [-0.05, 0) is 88.4 Å². The predicted octanol–water partition coefficient (Wildman–Crippen LogP) is 1.17. The largest absolute Gasteiger partial charge is 0.387 e. The molecule has 4 unspecified atom stereocenters. The summed E-state index contributed by atoms with van der Waals surface area (Å²) in [6.45, 7) is 9.33. The molecule has 11 heteroatoms. The number of rotatable bonds is 10. The number of nitrogens with zero attached hydrogens (tertiary/aromatic N) is 3. The first-order chi connectivity index (χ1) is 20.3. The van der Waals surface area contributed by atoms with Crippen LogP contribution in [-0.4, -0.2) is 113 Å². The Morgan fingerprint density at radius 2 is 1.83 bits per heavy atom. The lowest BCUT2D eigenvalue weighted by atomic mass is 9.76. The lowest BCUT2D eigenvalue weighted by molar-refractivity contribution is -0.133. The van der Waals surface area contributed by atoms with Crippen molar-refractivity contribution in [2.24, 2.45) is 11.7 Å². The average molecular weight is 585 g/mol. The number of aliphatic hydroxyl groups excluding tert-OH is 2. The Hall–Kier alpha value is -1.54. The fourth-order valence-electron chi connectivity index (χ4n) is 8.13. The zero-order chi connectivity index (χ0) is 29.1. The van der Waals surface area contributed by atoms with Gasteiger partial charge in [-0.15, -0.1) is 0 Å². The van der Waals surface area contributed by atoms with Crippen LogP contribution < -0.4 is 27.0 Å². The SMILES string of the molecule is CCN1CNC(N)C2NCN([C@@H]3O[C@H](CN(C(C)C)[C@H]4C[C@@H](CCC5Nc6ccc(C7CC7)cc6N5)C4)[C@@H](O)[C@H]3O)C21. The van der Waals surface area contributed by atoms with E-state index in [1.165, 1.54) is 49.0 Å². The third-order valence-corrected chi connectivity index (χ3v) is 10.9. The summed E-state index contributed by atoms with van der Waals surface area (Å²) in [5.74, 6) is 1.50. The van der Waals surface area contributed by atoms with Crippen LogP contribution in [0.3, 0.4) is 0 Å². The summed E-state index contributed by atoms with van der Waals surface area (Å²) >= 11 is 0. The maximum Gasteiger partial charge on any atom is 0.142 e. The van der Waals surface area contributed by atoms with Crippen LogP contribution in [0.25, 0.3) is 0 Å². The van der Waals surface area contributed by atoms with Crippen molar-refractivity contribution in [1.29, 1.82) is 0 Å². The van der Waals surface area contributed by atoms with Crippen LogP contribution in [-0.2, 0) is 4.74 Å². The first-order valence-electron chi connectivity index (χ1n) is 16.5. The van der Waals surface area contributed by atoms with Crippen molar-refractivity contribution in [2.45, 2.75) is 126 Å². The first kappa shape index (κ1) is 29.2. The molecule has 1 aromatic carbocycles. The number of nitrogens with two attached hydrogens (primary N) is 1. The molecule has 4 aliphatic heterocycles. The van der Waals surface area contributed by atoms with Gasteiger partial charge in [0, 0.05) is 18.6 Å². The monoisotopic (exact) mass is 584 g/mol. The number of ether oxygens (including phenoxy) is 1. The topological polar surface area (TPSA) is 134 Å². The summed E-state index contributed by atoms with van der Waals surface area (Å²) in [6, 6.07) is 7.75. The number of benzene rings is 1. The molecule has 234 valence electrons. The van der Waals surface area contributed by atoms with Gasteiger partial charge in [-0.25, -0.2) is 4.90 Å². The first-order valence-corrected chi connectivity index (χ1v) is 16.5. The van der Waals surface area contributed by atoms with Gasteiger partial charge in [-0.2, -0.15) is 0 Å². The Morgan fingerprint density at radius 1 is 1.05 bits per heavy atom. The van der Waals surface area contributed by atoms with Crippen molar-refractivity contribution in [3.8, 4) is 0 Å². The number of anilines is 2. The van der Waals surface area contributed by atoms with Crippen molar-refractivity contribution in [3.05, 3.63) is 23.8 Å². The van der Waals surface area contributed by atoms with Crippen LogP contribution in [0.15, 0.2) is 18.2 Å². The summed E-state index contributed by atoms with van der Waals surface area (Å²) in [7, 11) is 0. The second kappa shape index (κ2) is 11.8. The van der Waals surface area contributed by atoms with E-state index in [1.54, 1.807) is 0 Å². The number of nitrogens with one attached hydrogen (secondary N) is 4. The molecule has 4 heterocycles. The molecule has 6 aliphatic rings. The van der Waals surface area contributed by atoms with Gasteiger partial charge in [-0.1, -0.05) is 13.0 Å².